The molecule has 2 aromatic carbocycles. The van der Waals surface area contributed by atoms with Crippen LogP contribution in [0.4, 0.5) is 10.1 Å². The van der Waals surface area contributed by atoms with E-state index >= 15 is 0 Å². The first-order valence-corrected chi connectivity index (χ1v) is 10.0. The molecule has 1 aliphatic rings. The number of amides is 1. The summed E-state index contributed by atoms with van der Waals surface area (Å²) in [6.45, 7) is 0.909. The second-order valence-corrected chi connectivity index (χ2v) is 7.45. The van der Waals surface area contributed by atoms with Crippen molar-refractivity contribution in [3.8, 4) is 0 Å². The van der Waals surface area contributed by atoms with Gasteiger partial charge in [0.15, 0.2) is 0 Å². The fourth-order valence-electron chi connectivity index (χ4n) is 3.37. The van der Waals surface area contributed by atoms with Crippen LogP contribution in [-0.2, 0) is 0 Å². The molecule has 0 saturated carbocycles. The van der Waals surface area contributed by atoms with E-state index in [0.717, 1.165) is 11.3 Å². The first-order chi connectivity index (χ1) is 13.6. The predicted octanol–water partition coefficient (Wildman–Crippen LogP) is 3.97. The minimum atomic E-state index is -0.289. The molecule has 1 aromatic heterocycles. The van der Waals surface area contributed by atoms with Gasteiger partial charge in [0.2, 0.25) is 0 Å². The minimum absolute atomic E-state index is 0.0343. The van der Waals surface area contributed by atoms with Crippen molar-refractivity contribution >= 4 is 28.6 Å². The first-order valence-electron chi connectivity index (χ1n) is 9.07. The van der Waals surface area contributed by atoms with E-state index < -0.39 is 0 Å². The summed E-state index contributed by atoms with van der Waals surface area (Å²) in [5.41, 5.74) is 3.66. The van der Waals surface area contributed by atoms with E-state index in [4.69, 9.17) is 4.99 Å². The van der Waals surface area contributed by atoms with E-state index in [9.17, 15) is 9.18 Å². The second kappa shape index (κ2) is 7.94. The lowest BCUT2D eigenvalue weighted by Crippen LogP contribution is -2.43. The number of para-hydroxylation sites is 1. The average molecular weight is 393 g/mol. The molecule has 28 heavy (non-hydrogen) atoms. The Bertz CT molecular complexity index is 1020. The van der Waals surface area contributed by atoms with Crippen LogP contribution >= 0.6 is 11.3 Å². The number of thiophene rings is 1. The van der Waals surface area contributed by atoms with Gasteiger partial charge < -0.3 is 10.2 Å². The number of halogens is 1. The van der Waals surface area contributed by atoms with Crippen LogP contribution in [0.25, 0.3) is 0 Å². The molecule has 6 heteroatoms. The molecule has 1 atom stereocenters. The van der Waals surface area contributed by atoms with E-state index in [-0.39, 0.29) is 17.8 Å². The second-order valence-electron chi connectivity index (χ2n) is 6.67. The highest BCUT2D eigenvalue weighted by molar-refractivity contribution is 7.08. The van der Waals surface area contributed by atoms with Gasteiger partial charge in [-0.05, 0) is 29.6 Å². The number of nitrogens with one attached hydrogen (secondary N) is 1. The number of carbonyl (C=O) groups excluding carboxylic acids is 1. The zero-order valence-electron chi connectivity index (χ0n) is 15.4. The number of hydrogen-bond acceptors (Lipinski definition) is 4. The Labute approximate surface area is 167 Å². The standard InChI is InChI=1S/C22H20FN3OS/c1-26-16(13-25-22(27)15-10-11-28-14-15)12-24-21(17-6-2-4-8-19(17)23)18-7-3-5-9-20(18)26/h2-11,14,16H,12-13H2,1H3,(H,25,27)/t16-/m0/s1. The zero-order chi connectivity index (χ0) is 19.5. The fraction of sp³-hybridized carbons (Fsp3) is 0.182. The van der Waals surface area contributed by atoms with Crippen molar-refractivity contribution in [2.24, 2.45) is 4.99 Å². The van der Waals surface area contributed by atoms with Gasteiger partial charge in [0.1, 0.15) is 5.82 Å². The molecule has 142 valence electrons. The van der Waals surface area contributed by atoms with Gasteiger partial charge in [0, 0.05) is 41.4 Å². The number of fused-ring (bicyclic) bond motifs is 1. The smallest absolute Gasteiger partial charge is 0.252 e. The topological polar surface area (TPSA) is 44.7 Å². The number of carbonyl (C=O) groups is 1. The Kier molecular flexibility index (Phi) is 5.21. The lowest BCUT2D eigenvalue weighted by Gasteiger charge is -2.28. The number of rotatable bonds is 4. The maximum atomic E-state index is 14.5. The van der Waals surface area contributed by atoms with Gasteiger partial charge in [0.25, 0.3) is 5.91 Å². The maximum absolute atomic E-state index is 14.5. The Balaban J connectivity index is 1.64. The number of aliphatic imine (C=N–C) groups is 1. The summed E-state index contributed by atoms with van der Waals surface area (Å²) in [4.78, 5) is 19.2. The normalized spacial score (nSPS) is 16.1. The molecule has 0 unspecified atom stereocenters. The number of nitrogens with zero attached hydrogens (tertiary/aromatic N) is 2. The third-order valence-electron chi connectivity index (χ3n) is 4.96. The lowest BCUT2D eigenvalue weighted by atomic mass is 10.00. The van der Waals surface area contributed by atoms with Crippen LogP contribution in [0.15, 0.2) is 70.3 Å². The molecule has 0 saturated heterocycles. The number of benzene rings is 2. The molecule has 0 spiro atoms. The number of hydrogen-bond donors (Lipinski definition) is 1. The zero-order valence-corrected chi connectivity index (χ0v) is 16.2. The quantitative estimate of drug-likeness (QED) is 0.729. The van der Waals surface area contributed by atoms with Gasteiger partial charge in [-0.25, -0.2) is 4.39 Å². The SMILES string of the molecule is CN1c2ccccc2C(c2ccccc2F)=NC[C@H]1CNC(=O)c1ccsc1. The van der Waals surface area contributed by atoms with E-state index in [1.54, 1.807) is 18.2 Å². The third kappa shape index (κ3) is 3.55. The Morgan fingerprint density at radius 1 is 1.18 bits per heavy atom. The van der Waals surface area contributed by atoms with Crippen molar-refractivity contribution in [2.45, 2.75) is 6.04 Å². The molecular weight excluding hydrogens is 373 g/mol. The van der Waals surface area contributed by atoms with Gasteiger partial charge in [0.05, 0.1) is 18.3 Å². The summed E-state index contributed by atoms with van der Waals surface area (Å²) in [6, 6.07) is 16.3. The summed E-state index contributed by atoms with van der Waals surface area (Å²) in [5.74, 6) is -0.381. The van der Waals surface area contributed by atoms with Gasteiger partial charge in [-0.3, -0.25) is 9.79 Å². The maximum Gasteiger partial charge on any atom is 0.252 e. The monoisotopic (exact) mass is 393 g/mol. The molecule has 3 aromatic rings. The van der Waals surface area contributed by atoms with Crippen LogP contribution in [0.1, 0.15) is 21.5 Å². The van der Waals surface area contributed by atoms with Crippen molar-refractivity contribution < 1.29 is 9.18 Å². The van der Waals surface area contributed by atoms with Crippen LogP contribution in [0.3, 0.4) is 0 Å². The van der Waals surface area contributed by atoms with E-state index in [1.165, 1.54) is 17.4 Å². The molecule has 0 fully saturated rings. The van der Waals surface area contributed by atoms with E-state index in [2.05, 4.69) is 10.2 Å². The molecule has 4 nitrogen and oxygen atoms in total. The van der Waals surface area contributed by atoms with Gasteiger partial charge >= 0.3 is 0 Å². The first kappa shape index (κ1) is 18.4. The molecule has 1 amide bonds. The molecule has 2 heterocycles. The van der Waals surface area contributed by atoms with Crippen LogP contribution in [0, 0.1) is 5.82 Å². The molecule has 4 rings (SSSR count). The van der Waals surface area contributed by atoms with Crippen molar-refractivity contribution in [3.63, 3.8) is 0 Å². The predicted molar refractivity (Wildman–Crippen MR) is 112 cm³/mol. The third-order valence-corrected chi connectivity index (χ3v) is 5.64. The lowest BCUT2D eigenvalue weighted by molar-refractivity contribution is 0.0952. The molecule has 0 radical (unpaired) electrons. The minimum Gasteiger partial charge on any atom is -0.367 e. The summed E-state index contributed by atoms with van der Waals surface area (Å²) in [5, 5.41) is 6.70. The number of anilines is 1. The number of benzodiazepines with no additional fused rings is 1. The Morgan fingerprint density at radius 2 is 1.93 bits per heavy atom. The molecule has 1 aliphatic heterocycles. The van der Waals surface area contributed by atoms with Crippen LogP contribution < -0.4 is 10.2 Å². The average Bonchev–Trinajstić information content (AvgIpc) is 3.22. The number of likely N-dealkylation sites (N-methyl/N-ethyl adjacent to an activating group) is 1. The van der Waals surface area contributed by atoms with E-state index in [1.807, 2.05) is 48.1 Å². The largest absolute Gasteiger partial charge is 0.367 e. The Hall–Kier alpha value is -2.99. The molecule has 0 bridgehead atoms. The fourth-order valence-corrected chi connectivity index (χ4v) is 4.01. The summed E-state index contributed by atoms with van der Waals surface area (Å²) in [7, 11) is 1.99. The van der Waals surface area contributed by atoms with Gasteiger partial charge in [-0.2, -0.15) is 11.3 Å². The van der Waals surface area contributed by atoms with Gasteiger partial charge in [-0.1, -0.05) is 30.3 Å². The van der Waals surface area contributed by atoms with Crippen molar-refractivity contribution in [2.75, 3.05) is 25.0 Å². The van der Waals surface area contributed by atoms with Crippen molar-refractivity contribution in [1.82, 2.24) is 5.32 Å². The van der Waals surface area contributed by atoms with Crippen LogP contribution in [-0.4, -0.2) is 37.8 Å². The highest BCUT2D eigenvalue weighted by Gasteiger charge is 2.25. The summed E-state index contributed by atoms with van der Waals surface area (Å²) in [6.07, 6.45) is 0. The summed E-state index contributed by atoms with van der Waals surface area (Å²) < 4.78 is 14.5. The molecular formula is C22H20FN3OS. The van der Waals surface area contributed by atoms with Crippen molar-refractivity contribution in [3.05, 3.63) is 87.9 Å². The highest BCUT2D eigenvalue weighted by atomic mass is 32.1. The molecule has 1 N–H and O–H groups in total. The van der Waals surface area contributed by atoms with Gasteiger partial charge in [-0.15, -0.1) is 0 Å². The highest BCUT2D eigenvalue weighted by Crippen LogP contribution is 2.28. The van der Waals surface area contributed by atoms with Crippen molar-refractivity contribution in [1.29, 1.82) is 0 Å². The van der Waals surface area contributed by atoms with E-state index in [0.29, 0.717) is 29.9 Å². The van der Waals surface area contributed by atoms with Crippen LogP contribution in [0.5, 0.6) is 0 Å². The van der Waals surface area contributed by atoms with Crippen LogP contribution in [0.2, 0.25) is 0 Å². The molecule has 0 aliphatic carbocycles. The Morgan fingerprint density at radius 3 is 2.68 bits per heavy atom. The summed E-state index contributed by atoms with van der Waals surface area (Å²) >= 11 is 1.49.